The van der Waals surface area contributed by atoms with Crippen LogP contribution in [0.2, 0.25) is 6.04 Å². The van der Waals surface area contributed by atoms with Gasteiger partial charge in [0.25, 0.3) is 0 Å². The molecule has 0 saturated heterocycles. The Morgan fingerprint density at radius 2 is 0.900 bits per heavy atom. The maximum absolute atomic E-state index is 6.20. The lowest BCUT2D eigenvalue weighted by Gasteiger charge is -2.27. The first kappa shape index (κ1) is 30.1. The number of nitrogens with zero attached hydrogens (tertiary/aromatic N) is 3. The molecule has 0 aliphatic carbocycles. The highest BCUT2D eigenvalue weighted by atomic mass is 28.2. The summed E-state index contributed by atoms with van der Waals surface area (Å²) in [7, 11) is -0.374. The van der Waals surface area contributed by atoms with Crippen LogP contribution in [-0.2, 0) is 4.43 Å². The van der Waals surface area contributed by atoms with Gasteiger partial charge in [-0.15, -0.1) is 0 Å². The van der Waals surface area contributed by atoms with Crippen molar-refractivity contribution in [1.29, 1.82) is 0 Å². The minimum atomic E-state index is -0.374. The molecule has 0 N–H and O–H groups in total. The van der Waals surface area contributed by atoms with Gasteiger partial charge in [0, 0.05) is 6.10 Å². The van der Waals surface area contributed by atoms with E-state index < -0.39 is 0 Å². The van der Waals surface area contributed by atoms with Crippen molar-refractivity contribution < 1.29 is 4.43 Å². The molecule has 0 atom stereocenters. The fraction of sp³-hybridized carbons (Fsp3) is 1.00. The molecule has 0 unspecified atom stereocenters. The smallest absolute Gasteiger partial charge is 0.163 e. The Labute approximate surface area is 193 Å². The largest absolute Gasteiger partial charge is 0.421 e. The Morgan fingerprint density at radius 3 is 1.23 bits per heavy atom. The molecule has 0 heterocycles. The first-order valence-electron chi connectivity index (χ1n) is 13.4. The molecule has 0 rings (SSSR count). The van der Waals surface area contributed by atoms with Gasteiger partial charge in [-0.05, 0) is 116 Å². The zero-order valence-corrected chi connectivity index (χ0v) is 23.2. The highest BCUT2D eigenvalue weighted by Crippen LogP contribution is 2.05. The molecule has 0 saturated carbocycles. The highest BCUT2D eigenvalue weighted by Gasteiger charge is 2.10. The number of hydrogen-bond acceptors (Lipinski definition) is 4. The minimum absolute atomic E-state index is 0.374. The van der Waals surface area contributed by atoms with Gasteiger partial charge in [-0.1, -0.05) is 41.5 Å². The second-order valence-corrected chi connectivity index (χ2v) is 10.3. The lowest BCUT2D eigenvalue weighted by molar-refractivity contribution is 0.194. The van der Waals surface area contributed by atoms with Crippen LogP contribution in [0.1, 0.15) is 92.9 Å². The van der Waals surface area contributed by atoms with Gasteiger partial charge in [0.05, 0.1) is 0 Å². The van der Waals surface area contributed by atoms with Gasteiger partial charge in [0.1, 0.15) is 0 Å². The summed E-state index contributed by atoms with van der Waals surface area (Å²) in [6, 6.07) is 1.30. The van der Waals surface area contributed by atoms with Crippen molar-refractivity contribution in [1.82, 2.24) is 14.7 Å². The van der Waals surface area contributed by atoms with E-state index in [0.717, 1.165) is 0 Å². The second kappa shape index (κ2) is 22.3. The van der Waals surface area contributed by atoms with E-state index in [1.165, 1.54) is 116 Å². The Bertz CT molecular complexity index is 308. The predicted molar refractivity (Wildman–Crippen MR) is 139 cm³/mol. The van der Waals surface area contributed by atoms with Crippen molar-refractivity contribution in [2.45, 2.75) is 105 Å². The summed E-state index contributed by atoms with van der Waals surface area (Å²) >= 11 is 0. The second-order valence-electron chi connectivity index (χ2n) is 8.89. The van der Waals surface area contributed by atoms with E-state index in [1.807, 2.05) is 0 Å². The molecule has 0 aliphatic heterocycles. The molecule has 182 valence electrons. The van der Waals surface area contributed by atoms with E-state index in [1.54, 1.807) is 0 Å². The third kappa shape index (κ3) is 16.7. The molecule has 0 radical (unpaired) electrons. The molecular formula is C25H57N3OSi. The van der Waals surface area contributed by atoms with Gasteiger partial charge in [0.2, 0.25) is 0 Å². The summed E-state index contributed by atoms with van der Waals surface area (Å²) in [6.45, 7) is 25.0. The molecule has 0 aromatic carbocycles. The summed E-state index contributed by atoms with van der Waals surface area (Å²) in [5.41, 5.74) is 0. The molecule has 0 aromatic rings. The van der Waals surface area contributed by atoms with Gasteiger partial charge < -0.3 is 19.1 Å². The molecule has 5 heteroatoms. The van der Waals surface area contributed by atoms with Crippen molar-refractivity contribution in [3.63, 3.8) is 0 Å². The van der Waals surface area contributed by atoms with Crippen molar-refractivity contribution in [2.75, 3.05) is 58.9 Å². The Balaban J connectivity index is 4.44. The van der Waals surface area contributed by atoms with Crippen LogP contribution in [0.3, 0.4) is 0 Å². The van der Waals surface area contributed by atoms with Crippen LogP contribution in [0.4, 0.5) is 0 Å². The van der Waals surface area contributed by atoms with E-state index in [0.29, 0.717) is 6.10 Å². The van der Waals surface area contributed by atoms with Crippen LogP contribution in [-0.4, -0.2) is 89.5 Å². The van der Waals surface area contributed by atoms with Crippen LogP contribution in [0.25, 0.3) is 0 Å². The van der Waals surface area contributed by atoms with Crippen LogP contribution in [0, 0.1) is 0 Å². The van der Waals surface area contributed by atoms with Crippen LogP contribution >= 0.6 is 0 Å². The lowest BCUT2D eigenvalue weighted by Crippen LogP contribution is -2.34. The lowest BCUT2D eigenvalue weighted by atomic mass is 10.2. The fourth-order valence-corrected chi connectivity index (χ4v) is 5.92. The Hall–Kier alpha value is 0.0569. The van der Waals surface area contributed by atoms with Gasteiger partial charge in [-0.3, -0.25) is 0 Å². The molecule has 0 aromatic heterocycles. The third-order valence-corrected chi connectivity index (χ3v) is 7.25. The van der Waals surface area contributed by atoms with Crippen LogP contribution in [0.15, 0.2) is 0 Å². The van der Waals surface area contributed by atoms with Gasteiger partial charge in [-0.2, -0.15) is 0 Å². The summed E-state index contributed by atoms with van der Waals surface area (Å²) in [4.78, 5) is 8.07. The van der Waals surface area contributed by atoms with E-state index in [-0.39, 0.29) is 9.76 Å². The van der Waals surface area contributed by atoms with E-state index in [9.17, 15) is 0 Å². The number of hydrogen-bond donors (Lipinski definition) is 0. The quantitative estimate of drug-likeness (QED) is 0.163. The minimum Gasteiger partial charge on any atom is -0.421 e. The Kier molecular flexibility index (Phi) is 22.3. The summed E-state index contributed by atoms with van der Waals surface area (Å²) in [5, 5.41) is 0. The van der Waals surface area contributed by atoms with Crippen molar-refractivity contribution in [3.8, 4) is 0 Å². The zero-order valence-electron chi connectivity index (χ0n) is 21.8. The molecular weight excluding hydrogens is 386 g/mol. The predicted octanol–water partition coefficient (Wildman–Crippen LogP) is 5.02. The standard InChI is InChI=1S/C25H57N3OSi/c1-7-15-26(16-8-2)19-13-21-28(23-24-30-29-25(11-5)12-6)22-14-20-27(17-9-3)18-10-4/h25H,7-24,30H2,1-6H3. The maximum Gasteiger partial charge on any atom is 0.163 e. The topological polar surface area (TPSA) is 19.0 Å². The molecule has 0 spiro atoms. The molecule has 0 amide bonds. The molecule has 0 fully saturated rings. The van der Waals surface area contributed by atoms with E-state index >= 15 is 0 Å². The highest BCUT2D eigenvalue weighted by molar-refractivity contribution is 6.27. The summed E-state index contributed by atoms with van der Waals surface area (Å²) in [5.74, 6) is 0. The Morgan fingerprint density at radius 1 is 0.533 bits per heavy atom. The normalized spacial score (nSPS) is 12.6. The maximum atomic E-state index is 6.20. The molecule has 0 aliphatic rings. The summed E-state index contributed by atoms with van der Waals surface area (Å²) in [6.07, 6.45) is 10.6. The van der Waals surface area contributed by atoms with Gasteiger partial charge in [-0.25, -0.2) is 0 Å². The molecule has 0 bridgehead atoms. The van der Waals surface area contributed by atoms with E-state index in [4.69, 9.17) is 4.43 Å². The van der Waals surface area contributed by atoms with Gasteiger partial charge in [0.15, 0.2) is 9.76 Å². The first-order valence-corrected chi connectivity index (χ1v) is 15.0. The van der Waals surface area contributed by atoms with Gasteiger partial charge >= 0.3 is 0 Å². The zero-order chi connectivity index (χ0) is 22.5. The SMILES string of the molecule is CCCN(CCC)CCCN(CCCN(CCC)CCC)CC[SiH2]OC(CC)CC. The average molecular weight is 444 g/mol. The van der Waals surface area contributed by atoms with Crippen molar-refractivity contribution in [2.24, 2.45) is 0 Å². The molecule has 4 nitrogen and oxygen atoms in total. The van der Waals surface area contributed by atoms with Crippen LogP contribution in [0.5, 0.6) is 0 Å². The first-order chi connectivity index (χ1) is 14.6. The number of rotatable bonds is 23. The average Bonchev–Trinajstić information content (AvgIpc) is 2.74. The monoisotopic (exact) mass is 443 g/mol. The third-order valence-electron chi connectivity index (χ3n) is 5.94. The van der Waals surface area contributed by atoms with Crippen molar-refractivity contribution >= 4 is 9.76 Å². The van der Waals surface area contributed by atoms with Crippen molar-refractivity contribution in [3.05, 3.63) is 0 Å². The fourth-order valence-electron chi connectivity index (χ4n) is 4.37. The summed E-state index contributed by atoms with van der Waals surface area (Å²) < 4.78 is 6.20. The molecule has 30 heavy (non-hydrogen) atoms. The van der Waals surface area contributed by atoms with Crippen LogP contribution < -0.4 is 0 Å². The van der Waals surface area contributed by atoms with E-state index in [2.05, 4.69) is 56.2 Å².